The van der Waals surface area contributed by atoms with Gasteiger partial charge >= 0.3 is 0 Å². The fourth-order valence-corrected chi connectivity index (χ4v) is 2.78. The van der Waals surface area contributed by atoms with Crippen LogP contribution in [0.5, 0.6) is 0 Å². The minimum Gasteiger partial charge on any atom is -0.381 e. The summed E-state index contributed by atoms with van der Waals surface area (Å²) in [5.41, 5.74) is 2.89. The van der Waals surface area contributed by atoms with Crippen LogP contribution in [0.2, 0.25) is 0 Å². The van der Waals surface area contributed by atoms with E-state index in [0.717, 1.165) is 37.2 Å². The third-order valence-corrected chi connectivity index (χ3v) is 4.31. The quantitative estimate of drug-likeness (QED) is 0.887. The highest BCUT2D eigenvalue weighted by atomic mass is 16.5. The maximum Gasteiger partial charge on any atom is 0.268 e. The lowest BCUT2D eigenvalue weighted by atomic mass is 10.1. The van der Waals surface area contributed by atoms with Crippen LogP contribution in [0.4, 0.5) is 0 Å². The average molecular weight is 328 g/mol. The fraction of sp³-hybridized carbons (Fsp3) is 0.421. The summed E-state index contributed by atoms with van der Waals surface area (Å²) in [7, 11) is 1.86. The van der Waals surface area contributed by atoms with E-state index in [2.05, 4.69) is 17.4 Å². The molecule has 1 aliphatic rings. The first-order valence-corrected chi connectivity index (χ1v) is 8.39. The molecule has 5 nitrogen and oxygen atoms in total. The van der Waals surface area contributed by atoms with Crippen molar-refractivity contribution in [2.24, 2.45) is 7.05 Å². The van der Waals surface area contributed by atoms with Gasteiger partial charge in [0.25, 0.3) is 5.91 Å². The molecule has 2 heterocycles. The minimum absolute atomic E-state index is 0.0607. The maximum atomic E-state index is 12.1. The number of hydrogen-bond donors (Lipinski definition) is 1. The van der Waals surface area contributed by atoms with E-state index in [1.807, 2.05) is 42.1 Å². The van der Waals surface area contributed by atoms with Gasteiger partial charge in [-0.3, -0.25) is 4.79 Å². The summed E-state index contributed by atoms with van der Waals surface area (Å²) in [6, 6.07) is 11.9. The number of benzene rings is 1. The standard InChI is InChI=1S/C19H24N2O3/c1-21-10-2-3-18(21)19(22)20-13-15-4-6-16(7-5-15)14-24-17-8-11-23-12-9-17/h2-7,10,17H,8-9,11-14H2,1H3,(H,20,22). The summed E-state index contributed by atoms with van der Waals surface area (Å²) in [5, 5.41) is 2.94. The van der Waals surface area contributed by atoms with Crippen LogP contribution in [0, 0.1) is 0 Å². The Kier molecular flexibility index (Phi) is 5.67. The zero-order chi connectivity index (χ0) is 16.8. The lowest BCUT2D eigenvalue weighted by Gasteiger charge is -2.22. The number of nitrogens with one attached hydrogen (secondary N) is 1. The molecule has 24 heavy (non-hydrogen) atoms. The molecule has 0 spiro atoms. The second kappa shape index (κ2) is 8.13. The van der Waals surface area contributed by atoms with Gasteiger partial charge in [0, 0.05) is 33.0 Å². The fourth-order valence-electron chi connectivity index (χ4n) is 2.78. The van der Waals surface area contributed by atoms with E-state index in [9.17, 15) is 4.79 Å². The normalized spacial score (nSPS) is 15.4. The molecule has 1 aromatic heterocycles. The van der Waals surface area contributed by atoms with Gasteiger partial charge in [0.05, 0.1) is 12.7 Å². The molecule has 0 atom stereocenters. The highest BCUT2D eigenvalue weighted by molar-refractivity contribution is 5.92. The highest BCUT2D eigenvalue weighted by Gasteiger charge is 2.14. The largest absolute Gasteiger partial charge is 0.381 e. The molecule has 1 fully saturated rings. The second-order valence-electron chi connectivity index (χ2n) is 6.13. The van der Waals surface area contributed by atoms with Gasteiger partial charge in [0.1, 0.15) is 5.69 Å². The first-order valence-electron chi connectivity index (χ1n) is 8.39. The van der Waals surface area contributed by atoms with E-state index in [0.29, 0.717) is 24.9 Å². The number of ether oxygens (including phenoxy) is 2. The van der Waals surface area contributed by atoms with Crippen molar-refractivity contribution in [1.29, 1.82) is 0 Å². The highest BCUT2D eigenvalue weighted by Crippen LogP contribution is 2.14. The summed E-state index contributed by atoms with van der Waals surface area (Å²) in [6.45, 7) is 2.74. The number of amides is 1. The monoisotopic (exact) mass is 328 g/mol. The molecule has 1 amide bonds. The van der Waals surface area contributed by atoms with Crippen molar-refractivity contribution in [3.05, 3.63) is 59.4 Å². The molecule has 0 aliphatic carbocycles. The average Bonchev–Trinajstić information content (AvgIpc) is 3.06. The molecule has 3 rings (SSSR count). The predicted octanol–water partition coefficient (Wildman–Crippen LogP) is 2.65. The lowest BCUT2D eigenvalue weighted by Crippen LogP contribution is -2.24. The van der Waals surface area contributed by atoms with E-state index >= 15 is 0 Å². The van der Waals surface area contributed by atoms with E-state index in [4.69, 9.17) is 9.47 Å². The van der Waals surface area contributed by atoms with Crippen molar-refractivity contribution in [3.63, 3.8) is 0 Å². The van der Waals surface area contributed by atoms with Crippen molar-refractivity contribution in [2.75, 3.05) is 13.2 Å². The van der Waals surface area contributed by atoms with E-state index in [-0.39, 0.29) is 5.91 Å². The van der Waals surface area contributed by atoms with Crippen LogP contribution in [0.3, 0.4) is 0 Å². The third-order valence-electron chi connectivity index (χ3n) is 4.31. The number of nitrogens with zero attached hydrogens (tertiary/aromatic N) is 1. The zero-order valence-corrected chi connectivity index (χ0v) is 14.0. The molecule has 0 radical (unpaired) electrons. The van der Waals surface area contributed by atoms with E-state index < -0.39 is 0 Å². The molecule has 2 aromatic rings. The predicted molar refractivity (Wildman–Crippen MR) is 91.7 cm³/mol. The molecule has 1 aromatic carbocycles. The SMILES string of the molecule is Cn1cccc1C(=O)NCc1ccc(COC2CCOCC2)cc1. The van der Waals surface area contributed by atoms with Crippen molar-refractivity contribution in [1.82, 2.24) is 9.88 Å². The lowest BCUT2D eigenvalue weighted by molar-refractivity contribution is -0.0390. The number of aryl methyl sites for hydroxylation is 1. The summed E-state index contributed by atoms with van der Waals surface area (Å²) in [6.07, 6.45) is 4.12. The van der Waals surface area contributed by atoms with Crippen molar-refractivity contribution in [2.45, 2.75) is 32.1 Å². The third kappa shape index (κ3) is 4.46. The van der Waals surface area contributed by atoms with Gasteiger partial charge in [-0.2, -0.15) is 0 Å². The van der Waals surface area contributed by atoms with E-state index in [1.165, 1.54) is 0 Å². The van der Waals surface area contributed by atoms with Gasteiger partial charge in [0.15, 0.2) is 0 Å². The number of aromatic nitrogens is 1. The van der Waals surface area contributed by atoms with Crippen LogP contribution in [-0.4, -0.2) is 29.8 Å². The Bertz CT molecular complexity index is 658. The van der Waals surface area contributed by atoms with Crippen molar-refractivity contribution in [3.8, 4) is 0 Å². The van der Waals surface area contributed by atoms with Crippen molar-refractivity contribution >= 4 is 5.91 Å². The minimum atomic E-state index is -0.0607. The Balaban J connectivity index is 1.46. The molecule has 1 N–H and O–H groups in total. The Morgan fingerprint density at radius 2 is 1.92 bits per heavy atom. The smallest absolute Gasteiger partial charge is 0.268 e. The van der Waals surface area contributed by atoms with Crippen LogP contribution in [0.15, 0.2) is 42.6 Å². The number of carbonyl (C=O) groups excluding carboxylic acids is 1. The van der Waals surface area contributed by atoms with Gasteiger partial charge in [-0.05, 0) is 36.1 Å². The summed E-state index contributed by atoms with van der Waals surface area (Å²) in [4.78, 5) is 12.1. The molecular formula is C19H24N2O3. The molecule has 0 bridgehead atoms. The van der Waals surface area contributed by atoms with Gasteiger partial charge < -0.3 is 19.4 Å². The first-order chi connectivity index (χ1) is 11.7. The molecule has 5 heteroatoms. The Morgan fingerprint density at radius 1 is 1.21 bits per heavy atom. The van der Waals surface area contributed by atoms with Gasteiger partial charge in [0.2, 0.25) is 0 Å². The Hall–Kier alpha value is -2.11. The molecule has 1 saturated heterocycles. The Labute approximate surface area is 142 Å². The van der Waals surface area contributed by atoms with Crippen LogP contribution in [-0.2, 0) is 29.7 Å². The first kappa shape index (κ1) is 16.7. The number of carbonyl (C=O) groups is 1. The number of rotatable bonds is 6. The second-order valence-corrected chi connectivity index (χ2v) is 6.13. The summed E-state index contributed by atoms with van der Waals surface area (Å²) in [5.74, 6) is -0.0607. The van der Waals surface area contributed by atoms with Gasteiger partial charge in [-0.25, -0.2) is 0 Å². The zero-order valence-electron chi connectivity index (χ0n) is 14.0. The maximum absolute atomic E-state index is 12.1. The molecular weight excluding hydrogens is 304 g/mol. The van der Waals surface area contributed by atoms with Crippen molar-refractivity contribution < 1.29 is 14.3 Å². The van der Waals surface area contributed by atoms with Crippen LogP contribution >= 0.6 is 0 Å². The van der Waals surface area contributed by atoms with Crippen LogP contribution in [0.1, 0.15) is 34.5 Å². The van der Waals surface area contributed by atoms with Gasteiger partial charge in [-0.15, -0.1) is 0 Å². The summed E-state index contributed by atoms with van der Waals surface area (Å²) < 4.78 is 13.1. The van der Waals surface area contributed by atoms with E-state index in [1.54, 1.807) is 0 Å². The molecule has 0 unspecified atom stereocenters. The molecule has 1 aliphatic heterocycles. The number of hydrogen-bond acceptors (Lipinski definition) is 3. The molecule has 0 saturated carbocycles. The molecule has 128 valence electrons. The topological polar surface area (TPSA) is 52.5 Å². The van der Waals surface area contributed by atoms with Crippen LogP contribution in [0.25, 0.3) is 0 Å². The van der Waals surface area contributed by atoms with Gasteiger partial charge in [-0.1, -0.05) is 24.3 Å². The Morgan fingerprint density at radius 3 is 2.58 bits per heavy atom. The summed E-state index contributed by atoms with van der Waals surface area (Å²) >= 11 is 0. The van der Waals surface area contributed by atoms with Crippen LogP contribution < -0.4 is 5.32 Å².